The van der Waals surface area contributed by atoms with Crippen molar-refractivity contribution in [3.8, 4) is 0 Å². The van der Waals surface area contributed by atoms with E-state index >= 15 is 0 Å². The molecular weight excluding hydrogens is 350 g/mol. The Balaban J connectivity index is 1.47. The Morgan fingerprint density at radius 1 is 1.23 bits per heavy atom. The molecule has 0 aromatic heterocycles. The molecule has 1 aromatic rings. The maximum absolute atomic E-state index is 12.5. The Morgan fingerprint density at radius 2 is 1.92 bits per heavy atom. The topological polar surface area (TPSA) is 75.9 Å². The van der Waals surface area contributed by atoms with E-state index in [1.54, 1.807) is 23.9 Å². The summed E-state index contributed by atoms with van der Waals surface area (Å²) < 4.78 is 4.72. The van der Waals surface area contributed by atoms with E-state index in [9.17, 15) is 9.59 Å². The molecule has 2 aliphatic rings. The number of nitrogens with two attached hydrogens (primary N) is 1. The highest BCUT2D eigenvalue weighted by atomic mass is 32.2. The molecule has 2 saturated heterocycles. The summed E-state index contributed by atoms with van der Waals surface area (Å²) in [5.74, 6) is 1.88. The molecule has 0 bridgehead atoms. The number of thioether (sulfide) groups is 1. The van der Waals surface area contributed by atoms with Gasteiger partial charge < -0.3 is 15.4 Å². The first-order valence-corrected chi connectivity index (χ1v) is 10.3. The van der Waals surface area contributed by atoms with Crippen LogP contribution in [0.1, 0.15) is 28.8 Å². The third-order valence-corrected chi connectivity index (χ3v) is 6.24. The molecule has 2 fully saturated rings. The second-order valence-electron chi connectivity index (χ2n) is 6.97. The number of carbonyl (C=O) groups is 2. The summed E-state index contributed by atoms with van der Waals surface area (Å²) in [6, 6.07) is 7.18. The SMILES string of the molecule is COC(=O)c1ccc(CN2CCC(C(N)C(=O)N3CCSC3)CC2)cc1. The first-order chi connectivity index (χ1) is 12.6. The number of carbonyl (C=O) groups excluding carboxylic acids is 2. The largest absolute Gasteiger partial charge is 0.465 e. The lowest BCUT2D eigenvalue weighted by Gasteiger charge is -2.35. The number of methoxy groups -OCH3 is 1. The van der Waals surface area contributed by atoms with Gasteiger partial charge in [-0.05, 0) is 49.5 Å². The third-order valence-electron chi connectivity index (χ3n) is 5.27. The summed E-state index contributed by atoms with van der Waals surface area (Å²) in [7, 11) is 1.39. The minimum absolute atomic E-state index is 0.117. The van der Waals surface area contributed by atoms with E-state index in [1.165, 1.54) is 12.7 Å². The van der Waals surface area contributed by atoms with Crippen molar-refractivity contribution in [1.29, 1.82) is 0 Å². The maximum atomic E-state index is 12.5. The molecule has 26 heavy (non-hydrogen) atoms. The second kappa shape index (κ2) is 8.88. The number of ether oxygens (including phenoxy) is 1. The van der Waals surface area contributed by atoms with Crippen LogP contribution in [0.5, 0.6) is 0 Å². The maximum Gasteiger partial charge on any atom is 0.337 e. The lowest BCUT2D eigenvalue weighted by Crippen LogP contribution is -2.49. The Morgan fingerprint density at radius 3 is 2.50 bits per heavy atom. The van der Waals surface area contributed by atoms with Crippen molar-refractivity contribution >= 4 is 23.6 Å². The molecule has 1 unspecified atom stereocenters. The normalized spacial score (nSPS) is 20.2. The fourth-order valence-corrected chi connectivity index (χ4v) is 4.55. The first kappa shape index (κ1) is 19.2. The van der Waals surface area contributed by atoms with Gasteiger partial charge >= 0.3 is 5.97 Å². The molecule has 2 N–H and O–H groups in total. The van der Waals surface area contributed by atoms with E-state index in [0.29, 0.717) is 5.56 Å². The van der Waals surface area contributed by atoms with E-state index in [2.05, 4.69) is 4.90 Å². The summed E-state index contributed by atoms with van der Waals surface area (Å²) >= 11 is 1.79. The van der Waals surface area contributed by atoms with Crippen molar-refractivity contribution in [2.75, 3.05) is 38.4 Å². The minimum Gasteiger partial charge on any atom is -0.465 e. The predicted octanol–water partition coefficient (Wildman–Crippen LogP) is 1.55. The van der Waals surface area contributed by atoms with E-state index in [-0.39, 0.29) is 23.8 Å². The molecule has 7 heteroatoms. The van der Waals surface area contributed by atoms with Crippen molar-refractivity contribution in [3.05, 3.63) is 35.4 Å². The van der Waals surface area contributed by atoms with E-state index in [1.807, 2.05) is 17.0 Å². The monoisotopic (exact) mass is 377 g/mol. The lowest BCUT2D eigenvalue weighted by molar-refractivity contribution is -0.132. The zero-order chi connectivity index (χ0) is 18.5. The molecule has 0 saturated carbocycles. The van der Waals surface area contributed by atoms with Crippen LogP contribution >= 0.6 is 11.8 Å². The van der Waals surface area contributed by atoms with Gasteiger partial charge in [-0.3, -0.25) is 9.69 Å². The molecule has 0 radical (unpaired) electrons. The molecule has 142 valence electrons. The Kier molecular flexibility index (Phi) is 6.56. The van der Waals surface area contributed by atoms with E-state index in [4.69, 9.17) is 10.5 Å². The van der Waals surface area contributed by atoms with Gasteiger partial charge in [0.1, 0.15) is 0 Å². The number of hydrogen-bond acceptors (Lipinski definition) is 6. The Bertz CT molecular complexity index is 623. The molecule has 3 rings (SSSR count). The summed E-state index contributed by atoms with van der Waals surface area (Å²) in [5, 5.41) is 0. The molecule has 2 aliphatic heterocycles. The molecule has 2 heterocycles. The smallest absolute Gasteiger partial charge is 0.337 e. The number of benzene rings is 1. The molecule has 1 amide bonds. The summed E-state index contributed by atoms with van der Waals surface area (Å²) in [4.78, 5) is 28.2. The van der Waals surface area contributed by atoms with Gasteiger partial charge in [-0.25, -0.2) is 4.79 Å². The number of amides is 1. The Hall–Kier alpha value is -1.57. The van der Waals surface area contributed by atoms with Gasteiger partial charge in [0.25, 0.3) is 0 Å². The van der Waals surface area contributed by atoms with Gasteiger partial charge in [0.2, 0.25) is 5.91 Å². The van der Waals surface area contributed by atoms with Crippen LogP contribution in [0.25, 0.3) is 0 Å². The number of likely N-dealkylation sites (tertiary alicyclic amines) is 1. The number of nitrogens with zero attached hydrogens (tertiary/aromatic N) is 2. The zero-order valence-corrected chi connectivity index (χ0v) is 16.0. The van der Waals surface area contributed by atoms with Crippen LogP contribution in [-0.4, -0.2) is 66.1 Å². The van der Waals surface area contributed by atoms with Crippen LogP contribution in [0.4, 0.5) is 0 Å². The van der Waals surface area contributed by atoms with Crippen molar-refractivity contribution < 1.29 is 14.3 Å². The highest BCUT2D eigenvalue weighted by Gasteiger charge is 2.32. The molecular formula is C19H27N3O3S. The summed E-state index contributed by atoms with van der Waals surface area (Å²) in [5.41, 5.74) is 8.01. The van der Waals surface area contributed by atoms with Crippen molar-refractivity contribution in [3.63, 3.8) is 0 Å². The van der Waals surface area contributed by atoms with Crippen LogP contribution in [0.3, 0.4) is 0 Å². The van der Waals surface area contributed by atoms with Gasteiger partial charge in [-0.2, -0.15) is 0 Å². The first-order valence-electron chi connectivity index (χ1n) is 9.10. The van der Waals surface area contributed by atoms with Crippen LogP contribution in [0.15, 0.2) is 24.3 Å². The molecule has 0 spiro atoms. The number of esters is 1. The van der Waals surface area contributed by atoms with Crippen molar-refractivity contribution in [1.82, 2.24) is 9.80 Å². The molecule has 0 aliphatic carbocycles. The predicted molar refractivity (Wildman–Crippen MR) is 103 cm³/mol. The molecule has 6 nitrogen and oxygen atoms in total. The van der Waals surface area contributed by atoms with Crippen LogP contribution in [-0.2, 0) is 16.1 Å². The summed E-state index contributed by atoms with van der Waals surface area (Å²) in [6.45, 7) is 3.57. The minimum atomic E-state index is -0.366. The van der Waals surface area contributed by atoms with Crippen LogP contribution in [0, 0.1) is 5.92 Å². The molecule has 1 atom stereocenters. The van der Waals surface area contributed by atoms with Gasteiger partial charge in [-0.1, -0.05) is 12.1 Å². The van der Waals surface area contributed by atoms with Gasteiger partial charge in [0.15, 0.2) is 0 Å². The average molecular weight is 378 g/mol. The fraction of sp³-hybridized carbons (Fsp3) is 0.579. The number of rotatable bonds is 5. The highest BCUT2D eigenvalue weighted by Crippen LogP contribution is 2.24. The summed E-state index contributed by atoms with van der Waals surface area (Å²) in [6.07, 6.45) is 1.91. The van der Waals surface area contributed by atoms with Gasteiger partial charge in [0, 0.05) is 18.8 Å². The van der Waals surface area contributed by atoms with Crippen LogP contribution in [0.2, 0.25) is 0 Å². The Labute approximate surface area is 159 Å². The second-order valence-corrected chi connectivity index (χ2v) is 8.04. The fourth-order valence-electron chi connectivity index (χ4n) is 3.59. The van der Waals surface area contributed by atoms with Gasteiger partial charge in [0.05, 0.1) is 24.6 Å². The third kappa shape index (κ3) is 4.58. The quantitative estimate of drug-likeness (QED) is 0.785. The number of piperidine rings is 1. The van der Waals surface area contributed by atoms with Crippen molar-refractivity contribution in [2.45, 2.75) is 25.4 Å². The van der Waals surface area contributed by atoms with E-state index in [0.717, 1.165) is 50.7 Å². The van der Waals surface area contributed by atoms with E-state index < -0.39 is 0 Å². The lowest BCUT2D eigenvalue weighted by atomic mass is 9.89. The average Bonchev–Trinajstić information content (AvgIpc) is 3.22. The molecule has 1 aromatic carbocycles. The number of hydrogen-bond donors (Lipinski definition) is 1. The highest BCUT2D eigenvalue weighted by molar-refractivity contribution is 7.99. The van der Waals surface area contributed by atoms with Crippen LogP contribution < -0.4 is 5.73 Å². The zero-order valence-electron chi connectivity index (χ0n) is 15.2. The van der Waals surface area contributed by atoms with Crippen molar-refractivity contribution in [2.24, 2.45) is 11.7 Å². The van der Waals surface area contributed by atoms with Gasteiger partial charge in [-0.15, -0.1) is 11.8 Å². The standard InChI is InChI=1S/C19H27N3O3S/c1-25-19(24)16-4-2-14(3-5-16)12-21-8-6-15(7-9-21)17(20)18(23)22-10-11-26-13-22/h2-5,15,17H,6-13,20H2,1H3.